The highest BCUT2D eigenvalue weighted by Crippen LogP contribution is 2.07. The second kappa shape index (κ2) is 10.1. The summed E-state index contributed by atoms with van der Waals surface area (Å²) in [7, 11) is 3.36. The number of hydrogen-bond donors (Lipinski definition) is 0. The van der Waals surface area contributed by atoms with Crippen molar-refractivity contribution >= 4 is 0 Å². The Labute approximate surface area is 110 Å². The second-order valence-corrected chi connectivity index (χ2v) is 4.29. The molecule has 1 aromatic carbocycles. The first kappa shape index (κ1) is 15.2. The topological polar surface area (TPSA) is 27.7 Å². The van der Waals surface area contributed by atoms with E-state index in [9.17, 15) is 0 Å². The van der Waals surface area contributed by atoms with E-state index >= 15 is 0 Å². The second-order valence-electron chi connectivity index (χ2n) is 4.29. The zero-order valence-corrected chi connectivity index (χ0v) is 11.4. The molecule has 0 saturated carbocycles. The van der Waals surface area contributed by atoms with Gasteiger partial charge in [-0.1, -0.05) is 36.8 Å². The molecule has 0 spiro atoms. The third-order valence-corrected chi connectivity index (χ3v) is 2.87. The Morgan fingerprint density at radius 3 is 2.33 bits per heavy atom. The molecule has 0 amide bonds. The maximum atomic E-state index is 5.62. The van der Waals surface area contributed by atoms with E-state index in [0.717, 1.165) is 32.3 Å². The molecular formula is C15H24O3. The van der Waals surface area contributed by atoms with Crippen LogP contribution in [0.1, 0.15) is 31.2 Å². The normalized spacial score (nSPS) is 11.1. The third kappa shape index (κ3) is 6.74. The van der Waals surface area contributed by atoms with Crippen LogP contribution in [0.3, 0.4) is 0 Å². The van der Waals surface area contributed by atoms with Crippen molar-refractivity contribution in [3.05, 3.63) is 35.9 Å². The molecule has 0 fully saturated rings. The molecule has 0 radical (unpaired) electrons. The fourth-order valence-electron chi connectivity index (χ4n) is 1.79. The summed E-state index contributed by atoms with van der Waals surface area (Å²) < 4.78 is 15.9. The lowest BCUT2D eigenvalue weighted by atomic mass is 10.2. The van der Waals surface area contributed by atoms with E-state index in [0.29, 0.717) is 6.61 Å². The molecule has 3 nitrogen and oxygen atoms in total. The highest BCUT2D eigenvalue weighted by Gasteiger charge is 2.03. The summed E-state index contributed by atoms with van der Waals surface area (Å²) in [5, 5.41) is 0. The minimum atomic E-state index is -0.0600. The number of rotatable bonds is 10. The summed E-state index contributed by atoms with van der Waals surface area (Å²) in [5.74, 6) is 0. The molecule has 0 atom stereocenters. The van der Waals surface area contributed by atoms with Crippen molar-refractivity contribution in [1.29, 1.82) is 0 Å². The summed E-state index contributed by atoms with van der Waals surface area (Å²) in [5.41, 5.74) is 1.23. The van der Waals surface area contributed by atoms with Crippen molar-refractivity contribution in [2.24, 2.45) is 0 Å². The molecule has 0 bridgehead atoms. The van der Waals surface area contributed by atoms with Crippen LogP contribution in [0.2, 0.25) is 0 Å². The van der Waals surface area contributed by atoms with Crippen LogP contribution in [-0.2, 0) is 20.8 Å². The summed E-state index contributed by atoms with van der Waals surface area (Å²) in [6, 6.07) is 10.3. The maximum Gasteiger partial charge on any atom is 0.156 e. The van der Waals surface area contributed by atoms with Crippen LogP contribution in [0.25, 0.3) is 0 Å². The minimum Gasteiger partial charge on any atom is -0.377 e. The molecule has 102 valence electrons. The largest absolute Gasteiger partial charge is 0.377 e. The molecule has 0 aliphatic rings. The van der Waals surface area contributed by atoms with E-state index in [-0.39, 0.29) is 6.29 Å². The molecule has 1 rings (SSSR count). The first-order valence-corrected chi connectivity index (χ1v) is 6.54. The molecule has 1 aromatic rings. The Kier molecular flexibility index (Phi) is 8.47. The maximum absolute atomic E-state index is 5.62. The van der Waals surface area contributed by atoms with Crippen LogP contribution >= 0.6 is 0 Å². The molecule has 0 unspecified atom stereocenters. The van der Waals surface area contributed by atoms with E-state index in [1.54, 1.807) is 14.2 Å². The molecule has 0 aliphatic heterocycles. The van der Waals surface area contributed by atoms with Gasteiger partial charge in [0.05, 0.1) is 6.61 Å². The zero-order chi connectivity index (χ0) is 13.1. The van der Waals surface area contributed by atoms with Gasteiger partial charge in [0.1, 0.15) is 0 Å². The highest BCUT2D eigenvalue weighted by molar-refractivity contribution is 5.13. The van der Waals surface area contributed by atoms with Gasteiger partial charge in [0, 0.05) is 20.8 Å². The van der Waals surface area contributed by atoms with Gasteiger partial charge in [0.25, 0.3) is 0 Å². The van der Waals surface area contributed by atoms with Crippen LogP contribution in [0, 0.1) is 0 Å². The number of ether oxygens (including phenoxy) is 3. The van der Waals surface area contributed by atoms with E-state index in [2.05, 4.69) is 12.1 Å². The highest BCUT2D eigenvalue weighted by atomic mass is 16.7. The lowest BCUT2D eigenvalue weighted by Gasteiger charge is -2.12. The number of benzene rings is 1. The molecular weight excluding hydrogens is 228 g/mol. The van der Waals surface area contributed by atoms with Gasteiger partial charge in [-0.2, -0.15) is 0 Å². The van der Waals surface area contributed by atoms with Gasteiger partial charge in [-0.05, 0) is 24.8 Å². The van der Waals surface area contributed by atoms with Gasteiger partial charge < -0.3 is 14.2 Å². The van der Waals surface area contributed by atoms with Crippen LogP contribution in [-0.4, -0.2) is 27.1 Å². The van der Waals surface area contributed by atoms with Crippen LogP contribution in [0.15, 0.2) is 30.3 Å². The molecule has 0 aromatic heterocycles. The van der Waals surface area contributed by atoms with Gasteiger partial charge in [-0.15, -0.1) is 0 Å². The summed E-state index contributed by atoms with van der Waals surface area (Å²) in [6.45, 7) is 1.53. The Morgan fingerprint density at radius 2 is 1.67 bits per heavy atom. The predicted molar refractivity (Wildman–Crippen MR) is 72.4 cm³/mol. The summed E-state index contributed by atoms with van der Waals surface area (Å²) in [6.07, 6.45) is 4.24. The summed E-state index contributed by atoms with van der Waals surface area (Å²) in [4.78, 5) is 0. The van der Waals surface area contributed by atoms with Crippen molar-refractivity contribution in [2.45, 2.75) is 38.6 Å². The van der Waals surface area contributed by atoms with E-state index in [1.807, 2.05) is 18.2 Å². The lowest BCUT2D eigenvalue weighted by molar-refractivity contribution is -0.107. The average Bonchev–Trinajstić information content (AvgIpc) is 2.43. The first-order chi connectivity index (χ1) is 8.86. The molecule has 18 heavy (non-hydrogen) atoms. The van der Waals surface area contributed by atoms with Crippen molar-refractivity contribution in [1.82, 2.24) is 0 Å². The number of unbranched alkanes of at least 4 members (excludes halogenated alkanes) is 2. The SMILES string of the molecule is COC(CCCCCOCc1ccccc1)OC. The molecule has 3 heteroatoms. The van der Waals surface area contributed by atoms with Gasteiger partial charge in [0.15, 0.2) is 6.29 Å². The molecule has 0 aliphatic carbocycles. The monoisotopic (exact) mass is 252 g/mol. The average molecular weight is 252 g/mol. The van der Waals surface area contributed by atoms with Gasteiger partial charge in [-0.25, -0.2) is 0 Å². The van der Waals surface area contributed by atoms with Gasteiger partial charge >= 0.3 is 0 Å². The van der Waals surface area contributed by atoms with E-state index in [1.165, 1.54) is 5.56 Å². The van der Waals surface area contributed by atoms with Crippen molar-refractivity contribution in [2.75, 3.05) is 20.8 Å². The fraction of sp³-hybridized carbons (Fsp3) is 0.600. The Balaban J connectivity index is 1.93. The number of methoxy groups -OCH3 is 2. The minimum absolute atomic E-state index is 0.0600. The first-order valence-electron chi connectivity index (χ1n) is 6.54. The summed E-state index contributed by atoms with van der Waals surface area (Å²) >= 11 is 0. The zero-order valence-electron chi connectivity index (χ0n) is 11.4. The van der Waals surface area contributed by atoms with Gasteiger partial charge in [0.2, 0.25) is 0 Å². The van der Waals surface area contributed by atoms with E-state index in [4.69, 9.17) is 14.2 Å². The quantitative estimate of drug-likeness (QED) is 0.472. The van der Waals surface area contributed by atoms with Crippen molar-refractivity contribution in [3.63, 3.8) is 0 Å². The number of hydrogen-bond acceptors (Lipinski definition) is 3. The van der Waals surface area contributed by atoms with Crippen LogP contribution < -0.4 is 0 Å². The fourth-order valence-corrected chi connectivity index (χ4v) is 1.79. The van der Waals surface area contributed by atoms with E-state index < -0.39 is 0 Å². The standard InChI is InChI=1S/C15H24O3/c1-16-15(17-2)11-7-4-8-12-18-13-14-9-5-3-6-10-14/h3,5-6,9-10,15H,4,7-8,11-13H2,1-2H3. The molecule has 0 heterocycles. The Morgan fingerprint density at radius 1 is 0.944 bits per heavy atom. The lowest BCUT2D eigenvalue weighted by Crippen LogP contribution is -2.12. The van der Waals surface area contributed by atoms with Crippen LogP contribution in [0.5, 0.6) is 0 Å². The molecule has 0 saturated heterocycles. The van der Waals surface area contributed by atoms with Crippen LogP contribution in [0.4, 0.5) is 0 Å². The Bertz CT molecular complexity index is 283. The third-order valence-electron chi connectivity index (χ3n) is 2.87. The van der Waals surface area contributed by atoms with Crippen molar-refractivity contribution < 1.29 is 14.2 Å². The molecule has 0 N–H and O–H groups in total. The predicted octanol–water partition coefficient (Wildman–Crippen LogP) is 3.38. The Hall–Kier alpha value is -0.900. The van der Waals surface area contributed by atoms with Gasteiger partial charge in [-0.3, -0.25) is 0 Å². The van der Waals surface area contributed by atoms with Crippen molar-refractivity contribution in [3.8, 4) is 0 Å². The smallest absolute Gasteiger partial charge is 0.156 e.